The molecule has 0 radical (unpaired) electrons. The number of ether oxygens (including phenoxy) is 1. The van der Waals surface area contributed by atoms with E-state index in [0.717, 1.165) is 25.1 Å². The number of carbonyl (C=O) groups is 1. The highest BCUT2D eigenvalue weighted by Gasteiger charge is 2.28. The van der Waals surface area contributed by atoms with Gasteiger partial charge in [0.05, 0.1) is 10.6 Å². The monoisotopic (exact) mass is 349 g/mol. The Kier molecular flexibility index (Phi) is 5.61. The summed E-state index contributed by atoms with van der Waals surface area (Å²) in [4.78, 5) is 14.2. The summed E-state index contributed by atoms with van der Waals surface area (Å²) in [7, 11) is 0. The lowest BCUT2D eigenvalue weighted by Crippen LogP contribution is -2.49. The fraction of sp³-hybridized carbons (Fsp3) is 0.556. The number of hydrogen-bond donors (Lipinski definition) is 1. The Balaban J connectivity index is 1.97. The molecule has 6 heteroatoms. The number of nitriles is 1. The first-order chi connectivity index (χ1) is 11.2. The number of amides is 1. The maximum atomic E-state index is 11.9. The Bertz CT molecular complexity index is 649. The van der Waals surface area contributed by atoms with Crippen molar-refractivity contribution in [1.29, 1.82) is 5.26 Å². The van der Waals surface area contributed by atoms with Crippen molar-refractivity contribution in [2.24, 2.45) is 0 Å². The first-order valence-electron chi connectivity index (χ1n) is 8.15. The van der Waals surface area contributed by atoms with Crippen LogP contribution in [0.3, 0.4) is 0 Å². The fourth-order valence-corrected chi connectivity index (χ4v) is 3.15. The summed E-state index contributed by atoms with van der Waals surface area (Å²) in [6, 6.07) is 7.92. The molecule has 24 heavy (non-hydrogen) atoms. The maximum absolute atomic E-state index is 11.9. The first kappa shape index (κ1) is 18.4. The van der Waals surface area contributed by atoms with Gasteiger partial charge in [0, 0.05) is 24.3 Å². The highest BCUT2D eigenvalue weighted by Crippen LogP contribution is 2.28. The quantitative estimate of drug-likeness (QED) is 0.873. The second-order valence-corrected chi connectivity index (χ2v) is 7.59. The smallest absolute Gasteiger partial charge is 0.407 e. The van der Waals surface area contributed by atoms with Crippen LogP contribution >= 0.6 is 11.6 Å². The molecular weight excluding hydrogens is 326 g/mol. The molecule has 1 aromatic carbocycles. The molecule has 2 atom stereocenters. The van der Waals surface area contributed by atoms with E-state index in [1.807, 2.05) is 32.9 Å². The van der Waals surface area contributed by atoms with E-state index < -0.39 is 5.60 Å². The van der Waals surface area contributed by atoms with Gasteiger partial charge in [-0.3, -0.25) is 0 Å². The van der Waals surface area contributed by atoms with E-state index in [1.54, 1.807) is 6.07 Å². The minimum atomic E-state index is -0.490. The molecule has 1 saturated heterocycles. The lowest BCUT2D eigenvalue weighted by Gasteiger charge is -2.39. The first-order valence-corrected chi connectivity index (χ1v) is 8.53. The van der Waals surface area contributed by atoms with Gasteiger partial charge in [-0.1, -0.05) is 11.6 Å². The van der Waals surface area contributed by atoms with Gasteiger partial charge in [0.25, 0.3) is 0 Å². The van der Waals surface area contributed by atoms with Crippen molar-refractivity contribution in [3.63, 3.8) is 0 Å². The molecule has 1 N–H and O–H groups in total. The Labute approximate surface area is 148 Å². The minimum Gasteiger partial charge on any atom is -0.444 e. The molecule has 0 bridgehead atoms. The van der Waals surface area contributed by atoms with Crippen LogP contribution in [0.2, 0.25) is 5.02 Å². The predicted octanol–water partition coefficient (Wildman–Crippen LogP) is 4.09. The summed E-state index contributed by atoms with van der Waals surface area (Å²) in [5.74, 6) is 0. The molecule has 1 heterocycles. The third-order valence-corrected chi connectivity index (χ3v) is 4.31. The van der Waals surface area contributed by atoms with Gasteiger partial charge in [-0.05, 0) is 58.7 Å². The number of halogens is 1. The molecule has 1 fully saturated rings. The van der Waals surface area contributed by atoms with Crippen molar-refractivity contribution >= 4 is 23.4 Å². The van der Waals surface area contributed by atoms with Crippen LogP contribution in [0, 0.1) is 11.3 Å². The zero-order valence-electron chi connectivity index (χ0n) is 14.6. The van der Waals surface area contributed by atoms with Gasteiger partial charge in [0.2, 0.25) is 0 Å². The zero-order chi connectivity index (χ0) is 17.9. The van der Waals surface area contributed by atoms with E-state index in [-0.39, 0.29) is 18.2 Å². The number of piperidine rings is 1. The van der Waals surface area contributed by atoms with Crippen LogP contribution in [-0.2, 0) is 4.74 Å². The third-order valence-electron chi connectivity index (χ3n) is 4.00. The zero-order valence-corrected chi connectivity index (χ0v) is 15.4. The van der Waals surface area contributed by atoms with Crippen molar-refractivity contribution in [2.75, 3.05) is 11.4 Å². The summed E-state index contributed by atoms with van der Waals surface area (Å²) in [6.45, 7) is 8.49. The van der Waals surface area contributed by atoms with Crippen LogP contribution in [0.15, 0.2) is 18.2 Å². The highest BCUT2D eigenvalue weighted by atomic mass is 35.5. The van der Waals surface area contributed by atoms with Crippen molar-refractivity contribution in [3.8, 4) is 6.07 Å². The van der Waals surface area contributed by atoms with E-state index in [1.165, 1.54) is 0 Å². The van der Waals surface area contributed by atoms with Crippen LogP contribution in [0.1, 0.15) is 46.1 Å². The van der Waals surface area contributed by atoms with Crippen molar-refractivity contribution in [1.82, 2.24) is 5.32 Å². The van der Waals surface area contributed by atoms with Gasteiger partial charge in [-0.2, -0.15) is 5.26 Å². The molecule has 0 aliphatic carbocycles. The number of nitrogens with zero attached hydrogens (tertiary/aromatic N) is 2. The molecule has 1 aromatic rings. The van der Waals surface area contributed by atoms with Crippen molar-refractivity contribution < 1.29 is 9.53 Å². The average molecular weight is 350 g/mol. The Morgan fingerprint density at radius 3 is 2.71 bits per heavy atom. The average Bonchev–Trinajstić information content (AvgIpc) is 2.45. The summed E-state index contributed by atoms with van der Waals surface area (Å²) < 4.78 is 5.32. The molecule has 0 saturated carbocycles. The van der Waals surface area contributed by atoms with Gasteiger partial charge in [0.15, 0.2) is 0 Å². The van der Waals surface area contributed by atoms with Gasteiger partial charge < -0.3 is 15.0 Å². The van der Waals surface area contributed by atoms with Crippen LogP contribution < -0.4 is 10.2 Å². The number of benzene rings is 1. The van der Waals surface area contributed by atoms with Gasteiger partial charge in [0.1, 0.15) is 11.7 Å². The maximum Gasteiger partial charge on any atom is 0.407 e. The molecule has 1 amide bonds. The summed E-state index contributed by atoms with van der Waals surface area (Å²) in [5.41, 5.74) is 0.993. The van der Waals surface area contributed by atoms with E-state index in [4.69, 9.17) is 21.6 Å². The molecule has 5 nitrogen and oxygen atoms in total. The normalized spacial score (nSPS) is 21.1. The topological polar surface area (TPSA) is 65.4 Å². The van der Waals surface area contributed by atoms with Gasteiger partial charge in [-0.15, -0.1) is 0 Å². The molecule has 2 rings (SSSR count). The van der Waals surface area contributed by atoms with Gasteiger partial charge in [-0.25, -0.2) is 4.79 Å². The van der Waals surface area contributed by atoms with E-state index in [9.17, 15) is 4.79 Å². The molecule has 130 valence electrons. The highest BCUT2D eigenvalue weighted by molar-refractivity contribution is 6.32. The second-order valence-electron chi connectivity index (χ2n) is 7.19. The molecular formula is C18H24ClN3O2. The SMILES string of the molecule is CC1CC(NC(=O)OC(C)(C)C)CCN1c1ccc(C#N)c(Cl)c1. The predicted molar refractivity (Wildman–Crippen MR) is 95.4 cm³/mol. The van der Waals surface area contributed by atoms with Crippen molar-refractivity contribution in [3.05, 3.63) is 28.8 Å². The van der Waals surface area contributed by atoms with Crippen LogP contribution in [0.5, 0.6) is 0 Å². The number of rotatable bonds is 2. The standard InChI is InChI=1S/C18H24ClN3O2/c1-12-9-14(21-17(23)24-18(2,3)4)7-8-22(12)15-6-5-13(11-20)16(19)10-15/h5-6,10,12,14H,7-9H2,1-4H3,(H,21,23). The third kappa shape index (κ3) is 4.78. The van der Waals surface area contributed by atoms with Crippen LogP contribution in [-0.4, -0.2) is 30.3 Å². The van der Waals surface area contributed by atoms with Crippen molar-refractivity contribution in [2.45, 2.75) is 58.2 Å². The lowest BCUT2D eigenvalue weighted by molar-refractivity contribution is 0.0494. The Morgan fingerprint density at radius 1 is 1.46 bits per heavy atom. The number of alkyl carbamates (subject to hydrolysis) is 1. The van der Waals surface area contributed by atoms with Crippen LogP contribution in [0.4, 0.5) is 10.5 Å². The van der Waals surface area contributed by atoms with E-state index >= 15 is 0 Å². The number of anilines is 1. The summed E-state index contributed by atoms with van der Waals surface area (Å²) in [6.07, 6.45) is 1.30. The number of carbonyl (C=O) groups excluding carboxylic acids is 1. The lowest BCUT2D eigenvalue weighted by atomic mass is 9.97. The van der Waals surface area contributed by atoms with Crippen LogP contribution in [0.25, 0.3) is 0 Å². The van der Waals surface area contributed by atoms with E-state index in [0.29, 0.717) is 10.6 Å². The van der Waals surface area contributed by atoms with E-state index in [2.05, 4.69) is 23.2 Å². The number of hydrogen-bond acceptors (Lipinski definition) is 4. The summed E-state index contributed by atoms with van der Waals surface area (Å²) in [5, 5.41) is 12.4. The molecule has 0 aromatic heterocycles. The molecule has 2 unspecified atom stereocenters. The fourth-order valence-electron chi connectivity index (χ4n) is 2.93. The minimum absolute atomic E-state index is 0.0972. The second kappa shape index (κ2) is 7.31. The Morgan fingerprint density at radius 2 is 2.17 bits per heavy atom. The summed E-state index contributed by atoms with van der Waals surface area (Å²) >= 11 is 6.13. The molecule has 1 aliphatic heterocycles. The Hall–Kier alpha value is -1.93. The largest absolute Gasteiger partial charge is 0.444 e. The number of nitrogens with one attached hydrogen (secondary N) is 1. The molecule has 1 aliphatic rings. The van der Waals surface area contributed by atoms with Gasteiger partial charge >= 0.3 is 6.09 Å². The molecule has 0 spiro atoms.